The number of aromatic nitrogens is 2. The number of nitrogens with one attached hydrogen (secondary N) is 1. The van der Waals surface area contributed by atoms with Gasteiger partial charge in [-0.2, -0.15) is 0 Å². The zero-order valence-electron chi connectivity index (χ0n) is 19.2. The van der Waals surface area contributed by atoms with E-state index < -0.39 is 6.10 Å². The van der Waals surface area contributed by atoms with Crippen molar-refractivity contribution in [3.63, 3.8) is 0 Å². The maximum absolute atomic E-state index is 13.1. The number of hydrogen-bond donors (Lipinski definition) is 1. The second kappa shape index (κ2) is 13.5. The van der Waals surface area contributed by atoms with Crippen LogP contribution >= 0.6 is 46.4 Å². The number of benzene rings is 3. The minimum Gasteiger partial charge on any atom is -1.00 e. The van der Waals surface area contributed by atoms with E-state index in [1.54, 1.807) is 47.4 Å². The number of amides is 1. The molecule has 0 fully saturated rings. The molecular weight excluding hydrogens is 583 g/mol. The first-order chi connectivity index (χ1) is 17.3. The van der Waals surface area contributed by atoms with Crippen LogP contribution in [-0.4, -0.2) is 10.5 Å². The zero-order chi connectivity index (χ0) is 25.7. The molecule has 1 atom stereocenters. The van der Waals surface area contributed by atoms with Crippen LogP contribution in [0.1, 0.15) is 17.2 Å². The third-order valence-corrected chi connectivity index (χ3v) is 6.65. The molecule has 0 radical (unpaired) electrons. The van der Waals surface area contributed by atoms with E-state index in [1.165, 1.54) is 24.3 Å². The van der Waals surface area contributed by atoms with Gasteiger partial charge in [0.15, 0.2) is 6.54 Å². The summed E-state index contributed by atoms with van der Waals surface area (Å²) < 4.78 is 22.9. The van der Waals surface area contributed by atoms with E-state index >= 15 is 0 Å². The molecule has 4 aromatic rings. The second-order valence-corrected chi connectivity index (χ2v) is 9.66. The highest BCUT2D eigenvalue weighted by molar-refractivity contribution is 6.36. The van der Waals surface area contributed by atoms with Crippen LogP contribution in [0.5, 0.6) is 0 Å². The van der Waals surface area contributed by atoms with Crippen molar-refractivity contribution in [3.8, 4) is 0 Å². The molecule has 194 valence electrons. The maximum atomic E-state index is 13.1. The Morgan fingerprint density at radius 2 is 1.70 bits per heavy atom. The second-order valence-electron chi connectivity index (χ2n) is 8.00. The third kappa shape index (κ3) is 8.08. The van der Waals surface area contributed by atoms with Crippen molar-refractivity contribution in [1.82, 2.24) is 4.57 Å². The maximum Gasteiger partial charge on any atom is 0.266 e. The average molecular weight is 604 g/mol. The molecule has 4 rings (SSSR count). The Morgan fingerprint density at radius 1 is 1.00 bits per heavy atom. The van der Waals surface area contributed by atoms with Crippen molar-refractivity contribution in [2.24, 2.45) is 0 Å². The molecular formula is C26H21Cl5FN3O2. The molecule has 1 N–H and O–H groups in total. The molecule has 1 amide bonds. The predicted octanol–water partition coefficient (Wildman–Crippen LogP) is 4.13. The summed E-state index contributed by atoms with van der Waals surface area (Å²) in [6.07, 6.45) is 4.92. The van der Waals surface area contributed by atoms with Gasteiger partial charge in [0.2, 0.25) is 6.33 Å². The number of rotatable bonds is 9. The molecule has 37 heavy (non-hydrogen) atoms. The molecule has 0 aliphatic carbocycles. The lowest BCUT2D eigenvalue weighted by molar-refractivity contribution is -0.704. The van der Waals surface area contributed by atoms with Gasteiger partial charge >= 0.3 is 0 Å². The van der Waals surface area contributed by atoms with Crippen molar-refractivity contribution in [3.05, 3.63) is 116 Å². The predicted molar refractivity (Wildman–Crippen MR) is 140 cm³/mol. The molecule has 0 bridgehead atoms. The number of anilines is 1. The van der Waals surface area contributed by atoms with E-state index in [9.17, 15) is 9.18 Å². The fourth-order valence-corrected chi connectivity index (χ4v) is 4.63. The molecule has 5 nitrogen and oxygen atoms in total. The summed E-state index contributed by atoms with van der Waals surface area (Å²) in [4.78, 5) is 12.4. The van der Waals surface area contributed by atoms with Crippen molar-refractivity contribution in [1.29, 1.82) is 0 Å². The molecule has 1 heterocycles. The number of halogens is 6. The minimum absolute atomic E-state index is 0. The van der Waals surface area contributed by atoms with Crippen LogP contribution in [0.2, 0.25) is 20.1 Å². The Bertz CT molecular complexity index is 1340. The molecule has 3 aromatic carbocycles. The van der Waals surface area contributed by atoms with Crippen molar-refractivity contribution >= 4 is 58.0 Å². The van der Waals surface area contributed by atoms with E-state index in [2.05, 4.69) is 5.32 Å². The standard InChI is InChI=1S/C26H20Cl4FN3O2.ClH/c27-17-4-9-20(24(30)12-17)25(36-15-21-22(28)2-1-3-23(21)29)13-33-10-11-34(16-33)14-26(35)32-19-7-5-18(31)6-8-19;/h1-12,16,25H,13-15H2;1H. The summed E-state index contributed by atoms with van der Waals surface area (Å²) in [5.74, 6) is -0.611. The fourth-order valence-electron chi connectivity index (χ4n) is 3.59. The molecule has 0 spiro atoms. The van der Waals surface area contributed by atoms with Gasteiger partial charge in [-0.1, -0.05) is 58.5 Å². The Kier molecular flexibility index (Phi) is 10.6. The highest BCUT2D eigenvalue weighted by atomic mass is 35.5. The monoisotopic (exact) mass is 601 g/mol. The average Bonchev–Trinajstić information content (AvgIpc) is 3.26. The van der Waals surface area contributed by atoms with Crippen LogP contribution in [0.25, 0.3) is 0 Å². The van der Waals surface area contributed by atoms with Crippen LogP contribution in [-0.2, 0) is 29.2 Å². The smallest absolute Gasteiger partial charge is 0.266 e. The molecule has 11 heteroatoms. The normalized spacial score (nSPS) is 11.6. The summed E-state index contributed by atoms with van der Waals surface area (Å²) in [6, 6.07) is 16.1. The number of hydrogen-bond acceptors (Lipinski definition) is 2. The third-order valence-electron chi connectivity index (χ3n) is 5.38. The lowest BCUT2D eigenvalue weighted by Gasteiger charge is -2.19. The van der Waals surface area contributed by atoms with Gasteiger partial charge in [0, 0.05) is 36.9 Å². The van der Waals surface area contributed by atoms with E-state index in [4.69, 9.17) is 51.1 Å². The van der Waals surface area contributed by atoms with E-state index in [1.807, 2.05) is 16.8 Å². The Labute approximate surface area is 240 Å². The Morgan fingerprint density at radius 3 is 2.38 bits per heavy atom. The first kappa shape index (κ1) is 29.2. The topological polar surface area (TPSA) is 47.1 Å². The molecule has 0 aliphatic heterocycles. The van der Waals surface area contributed by atoms with Crippen molar-refractivity contribution < 1.29 is 30.9 Å². The SMILES string of the molecule is O=C(Cn1cc[n+](CC(OCc2c(Cl)cccc2Cl)c2ccc(Cl)cc2Cl)c1)Nc1ccc(F)cc1.[Cl-]. The largest absolute Gasteiger partial charge is 1.00 e. The number of carbonyl (C=O) groups is 1. The summed E-state index contributed by atoms with van der Waals surface area (Å²) in [5.41, 5.74) is 1.94. The van der Waals surface area contributed by atoms with Crippen molar-refractivity contribution in [2.75, 3.05) is 5.32 Å². The first-order valence-corrected chi connectivity index (χ1v) is 12.4. The number of nitrogens with zero attached hydrogens (tertiary/aromatic N) is 2. The number of imidazole rings is 1. The summed E-state index contributed by atoms with van der Waals surface area (Å²) in [5, 5.41) is 4.74. The lowest BCUT2D eigenvalue weighted by atomic mass is 10.1. The number of carbonyl (C=O) groups excluding carboxylic acids is 1. The summed E-state index contributed by atoms with van der Waals surface area (Å²) >= 11 is 25.2. The summed E-state index contributed by atoms with van der Waals surface area (Å²) in [6.45, 7) is 0.645. The molecule has 0 saturated heterocycles. The lowest BCUT2D eigenvalue weighted by Crippen LogP contribution is -3.00. The number of ether oxygens (including phenoxy) is 1. The van der Waals surface area contributed by atoms with Gasteiger partial charge in [0.25, 0.3) is 5.91 Å². The van der Waals surface area contributed by atoms with Crippen LogP contribution in [0.3, 0.4) is 0 Å². The van der Waals surface area contributed by atoms with Crippen LogP contribution in [0.15, 0.2) is 79.4 Å². The Balaban J connectivity index is 0.00000380. The van der Waals surface area contributed by atoms with Gasteiger partial charge in [-0.25, -0.2) is 13.5 Å². The fraction of sp³-hybridized carbons (Fsp3) is 0.154. The van der Waals surface area contributed by atoms with Crippen LogP contribution < -0.4 is 22.3 Å². The first-order valence-electron chi connectivity index (χ1n) is 10.9. The summed E-state index contributed by atoms with van der Waals surface area (Å²) in [7, 11) is 0. The quantitative estimate of drug-likeness (QED) is 0.293. The van der Waals surface area contributed by atoms with Crippen molar-refractivity contribution in [2.45, 2.75) is 25.8 Å². The molecule has 0 saturated carbocycles. The van der Waals surface area contributed by atoms with E-state index in [0.29, 0.717) is 37.9 Å². The van der Waals surface area contributed by atoms with Crippen LogP contribution in [0.4, 0.5) is 10.1 Å². The minimum atomic E-state index is -0.462. The van der Waals surface area contributed by atoms with Gasteiger partial charge < -0.3 is 22.5 Å². The van der Waals surface area contributed by atoms with E-state index in [0.717, 1.165) is 5.56 Å². The molecule has 0 aliphatic rings. The van der Waals surface area contributed by atoms with Gasteiger partial charge in [-0.3, -0.25) is 4.79 Å². The van der Waals surface area contributed by atoms with E-state index in [-0.39, 0.29) is 37.3 Å². The van der Waals surface area contributed by atoms with Crippen LogP contribution in [0, 0.1) is 5.82 Å². The van der Waals surface area contributed by atoms with Gasteiger partial charge in [-0.05, 0) is 48.5 Å². The highest BCUT2D eigenvalue weighted by Gasteiger charge is 2.21. The highest BCUT2D eigenvalue weighted by Crippen LogP contribution is 2.32. The van der Waals surface area contributed by atoms with Gasteiger partial charge in [0.05, 0.1) is 6.61 Å². The zero-order valence-corrected chi connectivity index (χ0v) is 23.0. The molecule has 1 unspecified atom stereocenters. The van der Waals surface area contributed by atoms with Gasteiger partial charge in [0.1, 0.15) is 30.9 Å². The van der Waals surface area contributed by atoms with Gasteiger partial charge in [-0.15, -0.1) is 0 Å². The Hall–Kier alpha value is -2.32. The molecule has 1 aromatic heterocycles.